The SMILES string of the molecule is COC(=O)c1ccc(/C=c2\sc3nc(C4COc5ccccc5O4)nn3c2=O)cc1. The van der Waals surface area contributed by atoms with E-state index in [1.165, 1.54) is 23.0 Å². The first-order chi connectivity index (χ1) is 14.6. The van der Waals surface area contributed by atoms with E-state index in [0.29, 0.717) is 32.4 Å². The summed E-state index contributed by atoms with van der Waals surface area (Å²) in [4.78, 5) is 29.2. The molecule has 1 aliphatic heterocycles. The Morgan fingerprint density at radius 3 is 2.70 bits per heavy atom. The number of hydrogen-bond donors (Lipinski definition) is 0. The summed E-state index contributed by atoms with van der Waals surface area (Å²) >= 11 is 1.24. The van der Waals surface area contributed by atoms with Crippen LogP contribution in [-0.4, -0.2) is 34.3 Å². The normalized spacial score (nSPS) is 16.0. The first kappa shape index (κ1) is 18.3. The molecule has 9 heteroatoms. The Labute approximate surface area is 174 Å². The van der Waals surface area contributed by atoms with Crippen molar-refractivity contribution in [3.05, 3.63) is 80.4 Å². The van der Waals surface area contributed by atoms with Crippen molar-refractivity contribution >= 4 is 28.3 Å². The monoisotopic (exact) mass is 421 g/mol. The van der Waals surface area contributed by atoms with E-state index in [0.717, 1.165) is 5.56 Å². The third kappa shape index (κ3) is 3.18. The lowest BCUT2D eigenvalue weighted by Gasteiger charge is -2.24. The minimum Gasteiger partial charge on any atom is -0.485 e. The van der Waals surface area contributed by atoms with Crippen LogP contribution in [-0.2, 0) is 4.74 Å². The van der Waals surface area contributed by atoms with Gasteiger partial charge in [0.25, 0.3) is 5.56 Å². The van der Waals surface area contributed by atoms with Gasteiger partial charge in [0.1, 0.15) is 6.61 Å². The van der Waals surface area contributed by atoms with Gasteiger partial charge in [-0.05, 0) is 35.9 Å². The number of carbonyl (C=O) groups excluding carboxylic acids is 1. The largest absolute Gasteiger partial charge is 0.485 e. The summed E-state index contributed by atoms with van der Waals surface area (Å²) in [6.07, 6.45) is 1.25. The topological polar surface area (TPSA) is 92.0 Å². The Balaban J connectivity index is 1.44. The van der Waals surface area contributed by atoms with E-state index in [1.807, 2.05) is 24.3 Å². The maximum absolute atomic E-state index is 12.7. The fourth-order valence-electron chi connectivity index (χ4n) is 3.12. The molecule has 3 heterocycles. The van der Waals surface area contributed by atoms with Gasteiger partial charge < -0.3 is 14.2 Å². The highest BCUT2D eigenvalue weighted by Gasteiger charge is 2.27. The van der Waals surface area contributed by atoms with Gasteiger partial charge in [0.15, 0.2) is 23.4 Å². The molecule has 0 radical (unpaired) electrons. The van der Waals surface area contributed by atoms with Crippen molar-refractivity contribution in [3.8, 4) is 11.5 Å². The van der Waals surface area contributed by atoms with Crippen LogP contribution in [0.3, 0.4) is 0 Å². The molecule has 0 saturated carbocycles. The number of aromatic nitrogens is 3. The van der Waals surface area contributed by atoms with Crippen LogP contribution in [0.15, 0.2) is 53.3 Å². The molecule has 0 amide bonds. The molecule has 0 aliphatic carbocycles. The molecule has 150 valence electrons. The summed E-state index contributed by atoms with van der Waals surface area (Å²) < 4.78 is 18.1. The average Bonchev–Trinajstić information content (AvgIpc) is 3.33. The van der Waals surface area contributed by atoms with Crippen molar-refractivity contribution in [2.24, 2.45) is 0 Å². The first-order valence-electron chi connectivity index (χ1n) is 9.10. The number of para-hydroxylation sites is 2. The van der Waals surface area contributed by atoms with E-state index in [4.69, 9.17) is 9.47 Å². The molecule has 0 bridgehead atoms. The fourth-order valence-corrected chi connectivity index (χ4v) is 4.03. The number of fused-ring (bicyclic) bond motifs is 2. The van der Waals surface area contributed by atoms with Gasteiger partial charge in [-0.15, -0.1) is 5.10 Å². The van der Waals surface area contributed by atoms with Crippen molar-refractivity contribution in [2.75, 3.05) is 13.7 Å². The highest BCUT2D eigenvalue weighted by molar-refractivity contribution is 7.15. The summed E-state index contributed by atoms with van der Waals surface area (Å²) in [7, 11) is 1.33. The number of esters is 1. The van der Waals surface area contributed by atoms with Crippen LogP contribution in [0, 0.1) is 0 Å². The highest BCUT2D eigenvalue weighted by atomic mass is 32.1. The average molecular weight is 421 g/mol. The quantitative estimate of drug-likeness (QED) is 0.467. The van der Waals surface area contributed by atoms with Gasteiger partial charge in [0.05, 0.1) is 17.2 Å². The van der Waals surface area contributed by atoms with Gasteiger partial charge in [-0.2, -0.15) is 9.50 Å². The number of ether oxygens (including phenoxy) is 3. The lowest BCUT2D eigenvalue weighted by atomic mass is 10.1. The number of benzene rings is 2. The standard InChI is InChI=1S/C21H15N3O5S/c1-27-20(26)13-8-6-12(7-9-13)10-17-19(25)24-21(30-17)22-18(23-24)16-11-28-14-4-2-3-5-15(14)29-16/h2-10,16H,11H2,1H3/b17-10-. The Morgan fingerprint density at radius 2 is 1.97 bits per heavy atom. The molecule has 2 aromatic carbocycles. The van der Waals surface area contributed by atoms with Crippen LogP contribution in [0.5, 0.6) is 11.5 Å². The molecule has 0 fully saturated rings. The highest BCUT2D eigenvalue weighted by Crippen LogP contribution is 2.35. The lowest BCUT2D eigenvalue weighted by Crippen LogP contribution is -2.26. The predicted molar refractivity (Wildman–Crippen MR) is 109 cm³/mol. The summed E-state index contributed by atoms with van der Waals surface area (Å²) in [6, 6.07) is 14.2. The summed E-state index contributed by atoms with van der Waals surface area (Å²) in [5.41, 5.74) is 0.966. The van der Waals surface area contributed by atoms with E-state index in [-0.39, 0.29) is 12.2 Å². The molecule has 0 saturated heterocycles. The van der Waals surface area contributed by atoms with Crippen molar-refractivity contribution in [2.45, 2.75) is 6.10 Å². The first-order valence-corrected chi connectivity index (χ1v) is 9.92. The van der Waals surface area contributed by atoms with Crippen LogP contribution in [0.2, 0.25) is 0 Å². The molecule has 1 aliphatic rings. The minimum atomic E-state index is -0.482. The zero-order valence-corrected chi connectivity index (χ0v) is 16.6. The van der Waals surface area contributed by atoms with Gasteiger partial charge in [-0.3, -0.25) is 4.79 Å². The van der Waals surface area contributed by atoms with Crippen LogP contribution in [0.4, 0.5) is 0 Å². The Morgan fingerprint density at radius 1 is 1.20 bits per heavy atom. The molecule has 1 atom stereocenters. The molecule has 1 unspecified atom stereocenters. The number of rotatable bonds is 3. The zero-order valence-electron chi connectivity index (χ0n) is 15.8. The van der Waals surface area contributed by atoms with Crippen molar-refractivity contribution in [1.82, 2.24) is 14.6 Å². The Kier molecular flexibility index (Phi) is 4.44. The second kappa shape index (κ2) is 7.27. The maximum Gasteiger partial charge on any atom is 0.337 e. The van der Waals surface area contributed by atoms with Crippen LogP contribution in [0.1, 0.15) is 27.8 Å². The molecular formula is C21H15N3O5S. The fraction of sp³-hybridized carbons (Fsp3) is 0.143. The molecule has 4 aromatic rings. The number of thiazole rings is 1. The number of carbonyl (C=O) groups is 1. The zero-order chi connectivity index (χ0) is 20.7. The summed E-state index contributed by atoms with van der Waals surface area (Å²) in [5.74, 6) is 1.30. The molecular weight excluding hydrogens is 406 g/mol. The third-order valence-corrected chi connectivity index (χ3v) is 5.58. The third-order valence-electron chi connectivity index (χ3n) is 4.62. The van der Waals surface area contributed by atoms with Gasteiger partial charge in [0, 0.05) is 0 Å². The van der Waals surface area contributed by atoms with E-state index in [1.54, 1.807) is 30.3 Å². The van der Waals surface area contributed by atoms with Crippen LogP contribution in [0.25, 0.3) is 11.0 Å². The van der Waals surface area contributed by atoms with Crippen molar-refractivity contribution < 1.29 is 19.0 Å². The van der Waals surface area contributed by atoms with Crippen molar-refractivity contribution in [1.29, 1.82) is 0 Å². The van der Waals surface area contributed by atoms with Gasteiger partial charge in [0.2, 0.25) is 4.96 Å². The molecule has 30 heavy (non-hydrogen) atoms. The van der Waals surface area contributed by atoms with E-state index in [2.05, 4.69) is 14.8 Å². The van der Waals surface area contributed by atoms with Gasteiger partial charge in [-0.25, -0.2) is 4.79 Å². The molecule has 2 aromatic heterocycles. The Bertz CT molecular complexity index is 1360. The van der Waals surface area contributed by atoms with E-state index >= 15 is 0 Å². The summed E-state index contributed by atoms with van der Waals surface area (Å²) in [6.45, 7) is 0.272. The molecule has 5 rings (SSSR count). The number of hydrogen-bond acceptors (Lipinski definition) is 8. The second-order valence-electron chi connectivity index (χ2n) is 6.56. The smallest absolute Gasteiger partial charge is 0.337 e. The number of nitrogens with zero attached hydrogens (tertiary/aromatic N) is 3. The predicted octanol–water partition coefficient (Wildman–Crippen LogP) is 2.00. The van der Waals surface area contributed by atoms with Crippen molar-refractivity contribution in [3.63, 3.8) is 0 Å². The van der Waals surface area contributed by atoms with E-state index in [9.17, 15) is 9.59 Å². The lowest BCUT2D eigenvalue weighted by molar-refractivity contribution is 0.0600. The maximum atomic E-state index is 12.7. The molecule has 8 nitrogen and oxygen atoms in total. The van der Waals surface area contributed by atoms with Gasteiger partial charge in [-0.1, -0.05) is 35.6 Å². The molecule has 0 N–H and O–H groups in total. The summed E-state index contributed by atoms with van der Waals surface area (Å²) in [5, 5.41) is 4.34. The number of methoxy groups -OCH3 is 1. The Hall–Kier alpha value is -3.72. The van der Waals surface area contributed by atoms with Crippen LogP contribution >= 0.6 is 11.3 Å². The van der Waals surface area contributed by atoms with E-state index < -0.39 is 12.1 Å². The molecule has 0 spiro atoms. The second-order valence-corrected chi connectivity index (χ2v) is 7.57. The van der Waals surface area contributed by atoms with Crippen LogP contribution < -0.4 is 19.6 Å². The van der Waals surface area contributed by atoms with Gasteiger partial charge >= 0.3 is 5.97 Å². The minimum absolute atomic E-state index is 0.261.